The number of nitrogens with two attached hydrogens (primary N) is 1. The van der Waals surface area contributed by atoms with Gasteiger partial charge in [-0.25, -0.2) is 19.9 Å². The zero-order valence-electron chi connectivity index (χ0n) is 10.2. The van der Waals surface area contributed by atoms with Gasteiger partial charge in [0, 0.05) is 17.8 Å². The third-order valence-electron chi connectivity index (χ3n) is 2.53. The first kappa shape index (κ1) is 11.9. The average Bonchev–Trinajstić information content (AvgIpc) is 2.41. The minimum atomic E-state index is 0.258. The molecule has 0 aliphatic heterocycles. The van der Waals surface area contributed by atoms with E-state index in [-0.39, 0.29) is 5.95 Å². The highest BCUT2D eigenvalue weighted by molar-refractivity contribution is 7.99. The number of fused-ring (bicyclic) bond motifs is 1. The van der Waals surface area contributed by atoms with Crippen molar-refractivity contribution in [3.63, 3.8) is 0 Å². The van der Waals surface area contributed by atoms with E-state index in [0.717, 1.165) is 21.5 Å². The van der Waals surface area contributed by atoms with E-state index in [1.807, 2.05) is 31.2 Å². The van der Waals surface area contributed by atoms with E-state index in [4.69, 9.17) is 5.73 Å². The molecule has 0 spiro atoms. The zero-order chi connectivity index (χ0) is 13.2. The lowest BCUT2D eigenvalue weighted by Gasteiger charge is -2.05. The maximum absolute atomic E-state index is 5.73. The summed E-state index contributed by atoms with van der Waals surface area (Å²) < 4.78 is 0. The summed E-state index contributed by atoms with van der Waals surface area (Å²) in [6.45, 7) is 1.95. The Kier molecular flexibility index (Phi) is 3.00. The fourth-order valence-corrected chi connectivity index (χ4v) is 2.47. The first-order valence-corrected chi connectivity index (χ1v) is 6.53. The van der Waals surface area contributed by atoms with Crippen molar-refractivity contribution >= 4 is 28.6 Å². The van der Waals surface area contributed by atoms with E-state index in [2.05, 4.69) is 19.9 Å². The highest BCUT2D eigenvalue weighted by Gasteiger charge is 2.09. The fourth-order valence-electron chi connectivity index (χ4n) is 1.66. The van der Waals surface area contributed by atoms with Crippen molar-refractivity contribution in [2.45, 2.75) is 17.1 Å². The van der Waals surface area contributed by atoms with Gasteiger partial charge in [0.15, 0.2) is 5.16 Å². The molecule has 0 saturated heterocycles. The molecule has 2 aromatic heterocycles. The topological polar surface area (TPSA) is 77.6 Å². The number of nitrogen functional groups attached to an aromatic ring is 1. The SMILES string of the molecule is Cc1cnc(Sc2nc(N)nc3ccccc23)nc1. The van der Waals surface area contributed by atoms with E-state index >= 15 is 0 Å². The lowest BCUT2D eigenvalue weighted by atomic mass is 10.2. The first-order chi connectivity index (χ1) is 9.22. The van der Waals surface area contributed by atoms with Crippen LogP contribution in [-0.2, 0) is 0 Å². The lowest BCUT2D eigenvalue weighted by Crippen LogP contribution is -1.97. The minimum Gasteiger partial charge on any atom is -0.368 e. The standard InChI is InChI=1S/C13H11N5S/c1-8-6-15-13(16-7-8)19-11-9-4-2-3-5-10(9)17-12(14)18-11/h2-7H,1H3,(H2,14,17,18). The predicted octanol–water partition coefficient (Wildman–Crippen LogP) is 2.46. The maximum Gasteiger partial charge on any atom is 0.221 e. The number of aromatic nitrogens is 4. The second-order valence-electron chi connectivity index (χ2n) is 4.05. The van der Waals surface area contributed by atoms with E-state index in [1.54, 1.807) is 12.4 Å². The molecular formula is C13H11N5S. The second kappa shape index (κ2) is 4.81. The van der Waals surface area contributed by atoms with Gasteiger partial charge in [-0.05, 0) is 30.3 Å². The highest BCUT2D eigenvalue weighted by Crippen LogP contribution is 2.29. The Morgan fingerprint density at radius 3 is 2.58 bits per heavy atom. The molecule has 0 radical (unpaired) electrons. The number of hydrogen-bond donors (Lipinski definition) is 1. The zero-order valence-corrected chi connectivity index (χ0v) is 11.1. The molecule has 3 aromatic rings. The molecule has 3 rings (SSSR count). The third-order valence-corrected chi connectivity index (χ3v) is 3.43. The Labute approximate surface area is 114 Å². The number of anilines is 1. The molecule has 19 heavy (non-hydrogen) atoms. The van der Waals surface area contributed by atoms with Crippen LogP contribution in [0.4, 0.5) is 5.95 Å². The van der Waals surface area contributed by atoms with Crippen molar-refractivity contribution in [1.82, 2.24) is 19.9 Å². The van der Waals surface area contributed by atoms with Crippen molar-refractivity contribution in [2.75, 3.05) is 5.73 Å². The number of hydrogen-bond acceptors (Lipinski definition) is 6. The monoisotopic (exact) mass is 269 g/mol. The van der Waals surface area contributed by atoms with Crippen molar-refractivity contribution < 1.29 is 0 Å². The van der Waals surface area contributed by atoms with Gasteiger partial charge >= 0.3 is 0 Å². The molecular weight excluding hydrogens is 258 g/mol. The summed E-state index contributed by atoms with van der Waals surface area (Å²) in [5, 5.41) is 2.37. The van der Waals surface area contributed by atoms with Crippen LogP contribution in [0, 0.1) is 6.92 Å². The van der Waals surface area contributed by atoms with Crippen molar-refractivity contribution in [3.8, 4) is 0 Å². The van der Waals surface area contributed by atoms with Gasteiger partial charge in [-0.1, -0.05) is 18.2 Å². The summed E-state index contributed by atoms with van der Waals surface area (Å²) in [5.41, 5.74) is 7.57. The molecule has 0 saturated carbocycles. The van der Waals surface area contributed by atoms with Gasteiger partial charge in [0.05, 0.1) is 5.52 Å². The number of benzene rings is 1. The maximum atomic E-state index is 5.73. The van der Waals surface area contributed by atoms with Crippen molar-refractivity contribution in [1.29, 1.82) is 0 Å². The van der Waals surface area contributed by atoms with Crippen LogP contribution >= 0.6 is 11.8 Å². The van der Waals surface area contributed by atoms with Gasteiger partial charge in [0.25, 0.3) is 0 Å². The Morgan fingerprint density at radius 1 is 1.05 bits per heavy atom. The number of para-hydroxylation sites is 1. The van der Waals surface area contributed by atoms with Crippen LogP contribution < -0.4 is 5.73 Å². The second-order valence-corrected chi connectivity index (χ2v) is 5.01. The van der Waals surface area contributed by atoms with E-state index < -0.39 is 0 Å². The van der Waals surface area contributed by atoms with Crippen LogP contribution in [0.1, 0.15) is 5.56 Å². The molecule has 0 atom stereocenters. The Hall–Kier alpha value is -2.21. The molecule has 0 aliphatic rings. The molecule has 94 valence electrons. The van der Waals surface area contributed by atoms with Crippen molar-refractivity contribution in [2.24, 2.45) is 0 Å². The normalized spacial score (nSPS) is 10.8. The lowest BCUT2D eigenvalue weighted by molar-refractivity contribution is 0.946. The van der Waals surface area contributed by atoms with Gasteiger partial charge < -0.3 is 5.73 Å². The number of nitrogens with zero attached hydrogens (tertiary/aromatic N) is 4. The highest BCUT2D eigenvalue weighted by atomic mass is 32.2. The quantitative estimate of drug-likeness (QED) is 0.569. The summed E-state index contributed by atoms with van der Waals surface area (Å²) in [4.78, 5) is 17.0. The van der Waals surface area contributed by atoms with E-state index in [9.17, 15) is 0 Å². The Balaban J connectivity index is 2.07. The summed E-state index contributed by atoms with van der Waals surface area (Å²) >= 11 is 1.39. The van der Waals surface area contributed by atoms with Crippen LogP contribution in [-0.4, -0.2) is 19.9 Å². The summed E-state index contributed by atoms with van der Waals surface area (Å²) in [7, 11) is 0. The summed E-state index contributed by atoms with van der Waals surface area (Å²) in [6.07, 6.45) is 3.56. The largest absolute Gasteiger partial charge is 0.368 e. The predicted molar refractivity (Wildman–Crippen MR) is 74.8 cm³/mol. The fraction of sp³-hybridized carbons (Fsp3) is 0.0769. The smallest absolute Gasteiger partial charge is 0.221 e. The molecule has 2 heterocycles. The molecule has 0 aliphatic carbocycles. The van der Waals surface area contributed by atoms with Gasteiger partial charge in [-0.3, -0.25) is 0 Å². The van der Waals surface area contributed by atoms with E-state index in [0.29, 0.717) is 5.16 Å². The molecule has 0 fully saturated rings. The number of aryl methyl sites for hydroxylation is 1. The van der Waals surface area contributed by atoms with Crippen molar-refractivity contribution in [3.05, 3.63) is 42.2 Å². The molecule has 0 unspecified atom stereocenters. The Bertz CT molecular complexity index is 727. The molecule has 6 heteroatoms. The van der Waals surface area contributed by atoms with Crippen LogP contribution in [0.2, 0.25) is 0 Å². The molecule has 1 aromatic carbocycles. The molecule has 0 amide bonds. The van der Waals surface area contributed by atoms with Gasteiger partial charge in [-0.2, -0.15) is 0 Å². The molecule has 0 bridgehead atoms. The minimum absolute atomic E-state index is 0.258. The summed E-state index contributed by atoms with van der Waals surface area (Å²) in [5.74, 6) is 0.258. The van der Waals surface area contributed by atoms with Crippen LogP contribution in [0.25, 0.3) is 10.9 Å². The van der Waals surface area contributed by atoms with Gasteiger partial charge in [-0.15, -0.1) is 0 Å². The molecule has 5 nitrogen and oxygen atoms in total. The van der Waals surface area contributed by atoms with Crippen LogP contribution in [0.5, 0.6) is 0 Å². The average molecular weight is 269 g/mol. The molecule has 2 N–H and O–H groups in total. The summed E-state index contributed by atoms with van der Waals surface area (Å²) in [6, 6.07) is 7.74. The van der Waals surface area contributed by atoms with Crippen LogP contribution in [0.15, 0.2) is 46.8 Å². The third kappa shape index (κ3) is 2.48. The van der Waals surface area contributed by atoms with Gasteiger partial charge in [0.1, 0.15) is 5.03 Å². The first-order valence-electron chi connectivity index (χ1n) is 5.71. The van der Waals surface area contributed by atoms with Crippen LogP contribution in [0.3, 0.4) is 0 Å². The Morgan fingerprint density at radius 2 is 1.79 bits per heavy atom. The number of rotatable bonds is 2. The van der Waals surface area contributed by atoms with E-state index in [1.165, 1.54) is 11.8 Å². The van der Waals surface area contributed by atoms with Gasteiger partial charge in [0.2, 0.25) is 5.95 Å².